The fourth-order valence-corrected chi connectivity index (χ4v) is 6.55. The fourth-order valence-electron chi connectivity index (χ4n) is 4.64. The second-order valence-electron chi connectivity index (χ2n) is 10.4. The van der Waals surface area contributed by atoms with E-state index < -0.39 is 28.5 Å². The zero-order valence-electron chi connectivity index (χ0n) is 24.2. The molecule has 1 N–H and O–H groups in total. The van der Waals surface area contributed by atoms with Crippen molar-refractivity contribution in [3.05, 3.63) is 129 Å². The summed E-state index contributed by atoms with van der Waals surface area (Å²) < 4.78 is 29.1. The second-order valence-corrected chi connectivity index (χ2v) is 13.6. The first kappa shape index (κ1) is 33.3. The molecule has 0 fully saturated rings. The Kier molecular flexibility index (Phi) is 11.3. The summed E-state index contributed by atoms with van der Waals surface area (Å²) in [5, 5.41) is 3.99. The van der Waals surface area contributed by atoms with E-state index in [1.54, 1.807) is 42.5 Å². The summed E-state index contributed by atoms with van der Waals surface area (Å²) in [5.41, 5.74) is 1.62. The minimum Gasteiger partial charge on any atom is -0.352 e. The maximum Gasteiger partial charge on any atom is 0.264 e. The summed E-state index contributed by atoms with van der Waals surface area (Å²) in [6.45, 7) is 3.01. The van der Waals surface area contributed by atoms with Crippen LogP contribution in [-0.4, -0.2) is 43.8 Å². The number of halogens is 3. The van der Waals surface area contributed by atoms with Crippen LogP contribution < -0.4 is 9.62 Å². The molecule has 4 aromatic carbocycles. The molecular weight excluding hydrogens is 641 g/mol. The van der Waals surface area contributed by atoms with Crippen LogP contribution in [0.5, 0.6) is 0 Å². The highest BCUT2D eigenvalue weighted by atomic mass is 35.5. The number of amides is 2. The minimum atomic E-state index is -4.28. The quantitative estimate of drug-likeness (QED) is 0.176. The number of sulfonamides is 1. The fraction of sp³-hybridized carbons (Fsp3) is 0.212. The van der Waals surface area contributed by atoms with Gasteiger partial charge in [0, 0.05) is 34.1 Å². The van der Waals surface area contributed by atoms with Crippen molar-refractivity contribution in [2.75, 3.05) is 10.8 Å². The van der Waals surface area contributed by atoms with Crippen LogP contribution >= 0.6 is 34.8 Å². The van der Waals surface area contributed by atoms with Crippen molar-refractivity contribution in [1.82, 2.24) is 10.2 Å². The lowest BCUT2D eigenvalue weighted by atomic mass is 10.0. The summed E-state index contributed by atoms with van der Waals surface area (Å²) in [7, 11) is -4.28. The molecule has 11 heteroatoms. The SMILES string of the molecule is CC(C)NC(=O)C(Cc1ccccc1)N(Cc1ccccc1Cl)C(=O)CN(c1cccc(Cl)c1)S(=O)(=O)c1ccc(Cl)cc1. The van der Waals surface area contributed by atoms with E-state index in [1.165, 1.54) is 35.2 Å². The Hall–Kier alpha value is -3.56. The zero-order chi connectivity index (χ0) is 31.9. The number of nitrogens with zero attached hydrogens (tertiary/aromatic N) is 2. The third-order valence-electron chi connectivity index (χ3n) is 6.78. The minimum absolute atomic E-state index is 0.0358. The first-order valence-corrected chi connectivity index (χ1v) is 16.4. The molecule has 230 valence electrons. The van der Waals surface area contributed by atoms with Gasteiger partial charge in [-0.25, -0.2) is 8.42 Å². The number of rotatable bonds is 12. The summed E-state index contributed by atoms with van der Waals surface area (Å²) >= 11 is 18.8. The Morgan fingerprint density at radius 2 is 1.45 bits per heavy atom. The Labute approximate surface area is 273 Å². The predicted octanol–water partition coefficient (Wildman–Crippen LogP) is 7.01. The monoisotopic (exact) mass is 671 g/mol. The summed E-state index contributed by atoms with van der Waals surface area (Å²) in [6, 6.07) is 27.0. The maximum absolute atomic E-state index is 14.4. The highest BCUT2D eigenvalue weighted by Gasteiger charge is 2.35. The summed E-state index contributed by atoms with van der Waals surface area (Å²) in [6.07, 6.45) is 0.191. The zero-order valence-corrected chi connectivity index (χ0v) is 27.2. The lowest BCUT2D eigenvalue weighted by Gasteiger charge is -2.34. The molecule has 0 aromatic heterocycles. The number of benzene rings is 4. The maximum atomic E-state index is 14.4. The van der Waals surface area contributed by atoms with E-state index in [2.05, 4.69) is 5.32 Å². The molecule has 0 saturated carbocycles. The third-order valence-corrected chi connectivity index (χ3v) is 9.42. The van der Waals surface area contributed by atoms with Gasteiger partial charge in [0.2, 0.25) is 11.8 Å². The van der Waals surface area contributed by atoms with Crippen LogP contribution in [0, 0.1) is 0 Å². The normalized spacial score (nSPS) is 12.0. The number of hydrogen-bond donors (Lipinski definition) is 1. The Morgan fingerprint density at radius 3 is 2.09 bits per heavy atom. The molecule has 4 rings (SSSR count). The standard InChI is InChI=1S/C33H32Cl3N3O4S/c1-23(2)37-33(41)31(19-24-9-4-3-5-10-24)38(21-25-11-6-7-14-30(25)36)32(40)22-39(28-13-8-12-27(35)20-28)44(42,43)29-17-15-26(34)16-18-29/h3-18,20,23,31H,19,21-22H2,1-2H3,(H,37,41). The lowest BCUT2D eigenvalue weighted by molar-refractivity contribution is -0.140. The average molecular weight is 673 g/mol. The lowest BCUT2D eigenvalue weighted by Crippen LogP contribution is -2.54. The number of hydrogen-bond acceptors (Lipinski definition) is 4. The topological polar surface area (TPSA) is 86.8 Å². The molecule has 7 nitrogen and oxygen atoms in total. The van der Waals surface area contributed by atoms with Gasteiger partial charge in [0.25, 0.3) is 10.0 Å². The van der Waals surface area contributed by atoms with Gasteiger partial charge in [-0.1, -0.05) is 89.4 Å². The molecule has 1 unspecified atom stereocenters. The van der Waals surface area contributed by atoms with E-state index >= 15 is 0 Å². The van der Waals surface area contributed by atoms with Crippen LogP contribution in [0.15, 0.2) is 108 Å². The van der Waals surface area contributed by atoms with E-state index in [-0.39, 0.29) is 40.5 Å². The van der Waals surface area contributed by atoms with Crippen molar-refractivity contribution in [2.45, 2.75) is 43.8 Å². The molecule has 0 aliphatic carbocycles. The first-order chi connectivity index (χ1) is 21.0. The van der Waals surface area contributed by atoms with E-state index in [4.69, 9.17) is 34.8 Å². The molecule has 44 heavy (non-hydrogen) atoms. The van der Waals surface area contributed by atoms with Gasteiger partial charge in [0.15, 0.2) is 0 Å². The van der Waals surface area contributed by atoms with Gasteiger partial charge in [0.1, 0.15) is 12.6 Å². The molecule has 0 spiro atoms. The van der Waals surface area contributed by atoms with Gasteiger partial charge < -0.3 is 10.2 Å². The largest absolute Gasteiger partial charge is 0.352 e. The number of carbonyl (C=O) groups excluding carboxylic acids is 2. The first-order valence-electron chi connectivity index (χ1n) is 13.9. The van der Waals surface area contributed by atoms with Crippen molar-refractivity contribution in [1.29, 1.82) is 0 Å². The van der Waals surface area contributed by atoms with Crippen molar-refractivity contribution < 1.29 is 18.0 Å². The van der Waals surface area contributed by atoms with Crippen molar-refractivity contribution >= 4 is 62.3 Å². The van der Waals surface area contributed by atoms with Gasteiger partial charge in [-0.3, -0.25) is 13.9 Å². The summed E-state index contributed by atoms with van der Waals surface area (Å²) in [5.74, 6) is -0.985. The van der Waals surface area contributed by atoms with Gasteiger partial charge >= 0.3 is 0 Å². The van der Waals surface area contributed by atoms with Crippen LogP contribution in [0.3, 0.4) is 0 Å². The number of nitrogens with one attached hydrogen (secondary N) is 1. The highest BCUT2D eigenvalue weighted by Crippen LogP contribution is 2.28. The van der Waals surface area contributed by atoms with Gasteiger partial charge in [-0.15, -0.1) is 0 Å². The molecule has 4 aromatic rings. The molecule has 0 radical (unpaired) electrons. The van der Waals surface area contributed by atoms with Crippen molar-refractivity contribution in [3.8, 4) is 0 Å². The van der Waals surface area contributed by atoms with Gasteiger partial charge in [-0.05, 0) is 73.5 Å². The number of carbonyl (C=O) groups is 2. The molecular formula is C33H32Cl3N3O4S. The van der Waals surface area contributed by atoms with Crippen LogP contribution in [-0.2, 0) is 32.6 Å². The Bertz CT molecular complexity index is 1700. The second kappa shape index (κ2) is 14.9. The Balaban J connectivity index is 1.82. The average Bonchev–Trinajstić information content (AvgIpc) is 2.98. The highest BCUT2D eigenvalue weighted by molar-refractivity contribution is 7.92. The molecule has 0 saturated heterocycles. The number of anilines is 1. The van der Waals surface area contributed by atoms with Crippen molar-refractivity contribution in [3.63, 3.8) is 0 Å². The van der Waals surface area contributed by atoms with E-state index in [0.717, 1.165) is 9.87 Å². The smallest absolute Gasteiger partial charge is 0.264 e. The predicted molar refractivity (Wildman–Crippen MR) is 177 cm³/mol. The van der Waals surface area contributed by atoms with E-state index in [0.29, 0.717) is 15.6 Å². The van der Waals surface area contributed by atoms with E-state index in [1.807, 2.05) is 44.2 Å². The van der Waals surface area contributed by atoms with Gasteiger partial charge in [-0.2, -0.15) is 0 Å². The molecule has 1 atom stereocenters. The Morgan fingerprint density at radius 1 is 0.795 bits per heavy atom. The van der Waals surface area contributed by atoms with Crippen LogP contribution in [0.2, 0.25) is 15.1 Å². The van der Waals surface area contributed by atoms with Gasteiger partial charge in [0.05, 0.1) is 10.6 Å². The third kappa shape index (κ3) is 8.54. The molecule has 0 aliphatic heterocycles. The van der Waals surface area contributed by atoms with Crippen LogP contribution in [0.1, 0.15) is 25.0 Å². The summed E-state index contributed by atoms with van der Waals surface area (Å²) in [4.78, 5) is 29.5. The molecule has 0 heterocycles. The van der Waals surface area contributed by atoms with Crippen LogP contribution in [0.4, 0.5) is 5.69 Å². The molecule has 0 aliphatic rings. The van der Waals surface area contributed by atoms with E-state index in [9.17, 15) is 18.0 Å². The van der Waals surface area contributed by atoms with Crippen molar-refractivity contribution in [2.24, 2.45) is 0 Å². The van der Waals surface area contributed by atoms with Crippen LogP contribution in [0.25, 0.3) is 0 Å². The molecule has 0 bridgehead atoms. The molecule has 2 amide bonds.